The van der Waals surface area contributed by atoms with Gasteiger partial charge in [0, 0.05) is 12.6 Å². The summed E-state index contributed by atoms with van der Waals surface area (Å²) >= 11 is 0. The van der Waals surface area contributed by atoms with Crippen LogP contribution < -0.4 is 10.2 Å². The molecule has 100 valence electrons. The van der Waals surface area contributed by atoms with Gasteiger partial charge >= 0.3 is 0 Å². The Balaban J connectivity index is 1.55. The molecule has 6 nitrogen and oxygen atoms in total. The zero-order chi connectivity index (χ0) is 12.7. The van der Waals surface area contributed by atoms with Crippen molar-refractivity contribution in [1.29, 1.82) is 0 Å². The maximum absolute atomic E-state index is 5.85. The van der Waals surface area contributed by atoms with Gasteiger partial charge in [-0.1, -0.05) is 0 Å². The Hall–Kier alpha value is -1.66. The van der Waals surface area contributed by atoms with Crippen LogP contribution in [0.3, 0.4) is 0 Å². The van der Waals surface area contributed by atoms with Crippen LogP contribution in [-0.2, 0) is 4.84 Å². The summed E-state index contributed by atoms with van der Waals surface area (Å²) < 4.78 is 5.69. The molecule has 0 aromatic carbocycles. The van der Waals surface area contributed by atoms with Gasteiger partial charge in [-0.25, -0.2) is 15.4 Å². The Labute approximate surface area is 111 Å². The number of fused-ring (bicyclic) bond motifs is 2. The highest BCUT2D eigenvalue weighted by Crippen LogP contribution is 2.41. The van der Waals surface area contributed by atoms with Crippen LogP contribution in [0.15, 0.2) is 30.7 Å². The highest BCUT2D eigenvalue weighted by Gasteiger charge is 2.50. The number of hydrogen-bond donors (Lipinski definition) is 1. The second-order valence-corrected chi connectivity index (χ2v) is 5.39. The molecule has 0 amide bonds. The largest absolute Gasteiger partial charge is 0.436 e. The molecule has 5 heterocycles. The Kier molecular flexibility index (Phi) is 2.46. The number of nitrogens with one attached hydrogen (secondary N) is 1. The molecule has 1 spiro atoms. The minimum absolute atomic E-state index is 0.221. The fraction of sp³-hybridized carbons (Fsp3) is 0.538. The summed E-state index contributed by atoms with van der Waals surface area (Å²) in [4.78, 5) is 16.2. The van der Waals surface area contributed by atoms with Gasteiger partial charge in [0.05, 0.1) is 12.4 Å². The van der Waals surface area contributed by atoms with Crippen LogP contribution >= 0.6 is 0 Å². The van der Waals surface area contributed by atoms with Crippen molar-refractivity contribution in [3.05, 3.63) is 30.7 Å². The van der Waals surface area contributed by atoms with Crippen LogP contribution in [0.25, 0.3) is 0 Å². The molecular weight excluding hydrogens is 244 g/mol. The van der Waals surface area contributed by atoms with E-state index in [0.717, 1.165) is 6.54 Å². The van der Waals surface area contributed by atoms with Gasteiger partial charge in [-0.05, 0) is 31.8 Å². The number of nitrogens with zero attached hydrogens (tertiary/aromatic N) is 3. The van der Waals surface area contributed by atoms with E-state index >= 15 is 0 Å². The van der Waals surface area contributed by atoms with E-state index in [0.29, 0.717) is 17.6 Å². The quantitative estimate of drug-likeness (QED) is 0.844. The molecule has 0 saturated carbocycles. The first-order valence-electron chi connectivity index (χ1n) is 6.66. The number of rotatable bonds is 2. The molecule has 19 heavy (non-hydrogen) atoms. The molecule has 4 aliphatic heterocycles. The van der Waals surface area contributed by atoms with E-state index in [4.69, 9.17) is 9.57 Å². The van der Waals surface area contributed by atoms with Gasteiger partial charge in [0.25, 0.3) is 0 Å². The van der Waals surface area contributed by atoms with Gasteiger partial charge in [0.2, 0.25) is 5.88 Å². The van der Waals surface area contributed by atoms with Crippen LogP contribution in [0.1, 0.15) is 12.8 Å². The molecule has 1 aromatic heterocycles. The lowest BCUT2D eigenvalue weighted by atomic mass is 9.75. The topological polar surface area (TPSA) is 59.5 Å². The second kappa shape index (κ2) is 4.18. The molecule has 4 aliphatic rings. The number of aromatic nitrogens is 2. The number of ether oxygens (including phenoxy) is 1. The number of hydrogen-bond acceptors (Lipinski definition) is 6. The van der Waals surface area contributed by atoms with Crippen molar-refractivity contribution in [3.8, 4) is 5.75 Å². The lowest BCUT2D eigenvalue weighted by Crippen LogP contribution is -2.58. The third-order valence-corrected chi connectivity index (χ3v) is 4.23. The smallest absolute Gasteiger partial charge is 0.216 e. The summed E-state index contributed by atoms with van der Waals surface area (Å²) in [7, 11) is 0. The highest BCUT2D eigenvalue weighted by atomic mass is 16.7. The zero-order valence-electron chi connectivity index (χ0n) is 10.6. The van der Waals surface area contributed by atoms with E-state index in [1.165, 1.54) is 32.3 Å². The van der Waals surface area contributed by atoms with E-state index in [-0.39, 0.29) is 5.60 Å². The predicted molar refractivity (Wildman–Crippen MR) is 66.9 cm³/mol. The van der Waals surface area contributed by atoms with Crippen molar-refractivity contribution >= 4 is 0 Å². The van der Waals surface area contributed by atoms with Crippen LogP contribution in [0, 0.1) is 5.92 Å². The second-order valence-electron chi connectivity index (χ2n) is 5.39. The monoisotopic (exact) mass is 260 g/mol. The summed E-state index contributed by atoms with van der Waals surface area (Å²) in [5.41, 5.74) is 2.69. The van der Waals surface area contributed by atoms with Crippen molar-refractivity contribution in [1.82, 2.24) is 20.3 Å². The minimum Gasteiger partial charge on any atom is -0.436 e. The van der Waals surface area contributed by atoms with E-state index in [9.17, 15) is 0 Å². The molecule has 1 aromatic rings. The average Bonchev–Trinajstić information content (AvgIpc) is 2.84. The lowest BCUT2D eigenvalue weighted by Gasteiger charge is -2.48. The number of piperidine rings is 3. The summed E-state index contributed by atoms with van der Waals surface area (Å²) in [6.45, 7) is 3.32. The Bertz CT molecular complexity index is 499. The van der Waals surface area contributed by atoms with Crippen LogP contribution in [0.4, 0.5) is 0 Å². The molecule has 1 N–H and O–H groups in total. The highest BCUT2D eigenvalue weighted by molar-refractivity contribution is 5.21. The fourth-order valence-corrected chi connectivity index (χ4v) is 3.28. The average molecular weight is 260 g/mol. The first-order valence-corrected chi connectivity index (χ1v) is 6.66. The van der Waals surface area contributed by atoms with E-state index in [2.05, 4.69) is 26.4 Å². The van der Waals surface area contributed by atoms with Gasteiger partial charge < -0.3 is 4.74 Å². The SMILES string of the molecule is C1=C(Oc2cncnc2)NOC12CN1CCC2CC1. The molecule has 5 rings (SSSR count). The summed E-state index contributed by atoms with van der Waals surface area (Å²) in [5.74, 6) is 1.84. The molecule has 0 aliphatic carbocycles. The van der Waals surface area contributed by atoms with E-state index in [1.807, 2.05) is 0 Å². The van der Waals surface area contributed by atoms with Crippen molar-refractivity contribution in [3.63, 3.8) is 0 Å². The van der Waals surface area contributed by atoms with Gasteiger partial charge in [-0.15, -0.1) is 0 Å². The zero-order valence-corrected chi connectivity index (χ0v) is 10.6. The van der Waals surface area contributed by atoms with Crippen molar-refractivity contribution in [2.45, 2.75) is 18.4 Å². The van der Waals surface area contributed by atoms with Crippen molar-refractivity contribution in [2.75, 3.05) is 19.6 Å². The third-order valence-electron chi connectivity index (χ3n) is 4.23. The summed E-state index contributed by atoms with van der Waals surface area (Å²) in [5, 5.41) is 0. The predicted octanol–water partition coefficient (Wildman–Crippen LogP) is 0.696. The van der Waals surface area contributed by atoms with Crippen molar-refractivity contribution < 1.29 is 9.57 Å². The first-order chi connectivity index (χ1) is 9.34. The molecule has 0 radical (unpaired) electrons. The van der Waals surface area contributed by atoms with E-state index in [1.54, 1.807) is 12.4 Å². The summed E-state index contributed by atoms with van der Waals surface area (Å²) in [6, 6.07) is 0. The minimum atomic E-state index is -0.221. The van der Waals surface area contributed by atoms with Gasteiger partial charge in [-0.2, -0.15) is 0 Å². The van der Waals surface area contributed by atoms with Crippen molar-refractivity contribution in [2.24, 2.45) is 5.92 Å². The molecule has 6 heteroatoms. The standard InChI is InChI=1S/C13H16N4O2/c1-3-17-4-2-10(1)13(8-17)5-12(16-19-13)18-11-6-14-9-15-7-11/h5-7,9-10,16H,1-4,8H2. The molecule has 1 unspecified atom stereocenters. The Morgan fingerprint density at radius 2 is 2.11 bits per heavy atom. The molecular formula is C13H16N4O2. The maximum atomic E-state index is 5.85. The van der Waals surface area contributed by atoms with E-state index < -0.39 is 0 Å². The van der Waals surface area contributed by atoms with Crippen LogP contribution in [0.5, 0.6) is 5.75 Å². The third kappa shape index (κ3) is 1.87. The molecule has 1 atom stereocenters. The lowest BCUT2D eigenvalue weighted by molar-refractivity contribution is -0.141. The van der Waals surface area contributed by atoms with Gasteiger partial charge in [0.1, 0.15) is 11.9 Å². The fourth-order valence-electron chi connectivity index (χ4n) is 3.28. The number of hydroxylamine groups is 1. The molecule has 3 fully saturated rings. The maximum Gasteiger partial charge on any atom is 0.216 e. The first kappa shape index (κ1) is 11.2. The van der Waals surface area contributed by atoms with Crippen LogP contribution in [-0.4, -0.2) is 40.1 Å². The Morgan fingerprint density at radius 3 is 2.79 bits per heavy atom. The molecule has 3 saturated heterocycles. The van der Waals surface area contributed by atoms with Gasteiger partial charge in [0.15, 0.2) is 5.75 Å². The van der Waals surface area contributed by atoms with Gasteiger partial charge in [-0.3, -0.25) is 9.74 Å². The Morgan fingerprint density at radius 1 is 1.32 bits per heavy atom. The molecule has 2 bridgehead atoms. The van der Waals surface area contributed by atoms with Crippen LogP contribution in [0.2, 0.25) is 0 Å². The normalized spacial score (nSPS) is 36.1. The summed E-state index contributed by atoms with van der Waals surface area (Å²) in [6.07, 6.45) is 9.22.